The Bertz CT molecular complexity index is 343. The van der Waals surface area contributed by atoms with Gasteiger partial charge >= 0.3 is 0 Å². The highest BCUT2D eigenvalue weighted by molar-refractivity contribution is 5.21. The van der Waals surface area contributed by atoms with Gasteiger partial charge in [0.05, 0.1) is 6.61 Å². The van der Waals surface area contributed by atoms with E-state index in [-0.39, 0.29) is 18.6 Å². The lowest BCUT2D eigenvalue weighted by Crippen LogP contribution is -2.42. The molecule has 3 N–H and O–H groups in total. The third-order valence-electron chi connectivity index (χ3n) is 2.01. The molecule has 0 aliphatic rings. The summed E-state index contributed by atoms with van der Waals surface area (Å²) in [4.78, 5) is 0. The van der Waals surface area contributed by atoms with E-state index in [0.717, 1.165) is 12.1 Å². The molecular formula is C10H12F3NO. The molecule has 15 heavy (non-hydrogen) atoms. The standard InChI is InChI=1S/C10H12F3NO/c1-10(14,5-15)4-6-2-7(11)9(13)8(12)3-6/h2-3,15H,4-5,14H2,1H3. The van der Waals surface area contributed by atoms with Gasteiger partial charge in [-0.1, -0.05) is 0 Å². The Morgan fingerprint density at radius 1 is 1.27 bits per heavy atom. The molecule has 0 aliphatic carbocycles. The van der Waals surface area contributed by atoms with Crippen molar-refractivity contribution in [2.45, 2.75) is 18.9 Å². The van der Waals surface area contributed by atoms with Crippen LogP contribution >= 0.6 is 0 Å². The Morgan fingerprint density at radius 2 is 1.73 bits per heavy atom. The van der Waals surface area contributed by atoms with Crippen molar-refractivity contribution in [1.29, 1.82) is 0 Å². The Morgan fingerprint density at radius 3 is 2.13 bits per heavy atom. The van der Waals surface area contributed by atoms with Gasteiger partial charge in [0, 0.05) is 5.54 Å². The molecule has 1 unspecified atom stereocenters. The largest absolute Gasteiger partial charge is 0.394 e. The summed E-state index contributed by atoms with van der Waals surface area (Å²) in [6, 6.07) is 1.75. The maximum absolute atomic E-state index is 12.8. The van der Waals surface area contributed by atoms with Crippen LogP contribution in [0.5, 0.6) is 0 Å². The minimum atomic E-state index is -1.50. The summed E-state index contributed by atoms with van der Waals surface area (Å²) in [6.45, 7) is 1.21. The van der Waals surface area contributed by atoms with Gasteiger partial charge in [0.15, 0.2) is 17.5 Å². The molecule has 84 valence electrons. The van der Waals surface area contributed by atoms with E-state index in [9.17, 15) is 13.2 Å². The van der Waals surface area contributed by atoms with E-state index in [1.54, 1.807) is 0 Å². The van der Waals surface area contributed by atoms with Gasteiger partial charge in [-0.2, -0.15) is 0 Å². The first-order valence-electron chi connectivity index (χ1n) is 4.39. The van der Waals surface area contributed by atoms with Crippen LogP contribution in [0, 0.1) is 17.5 Å². The molecule has 2 nitrogen and oxygen atoms in total. The Labute approximate surface area is 85.5 Å². The number of rotatable bonds is 3. The van der Waals surface area contributed by atoms with E-state index >= 15 is 0 Å². The lowest BCUT2D eigenvalue weighted by atomic mass is 9.95. The van der Waals surface area contributed by atoms with Gasteiger partial charge in [0.25, 0.3) is 0 Å². The smallest absolute Gasteiger partial charge is 0.194 e. The zero-order chi connectivity index (χ0) is 11.6. The third-order valence-corrected chi connectivity index (χ3v) is 2.01. The minimum absolute atomic E-state index is 0.0671. The first kappa shape index (κ1) is 12.0. The maximum Gasteiger partial charge on any atom is 0.194 e. The van der Waals surface area contributed by atoms with Gasteiger partial charge in [-0.05, 0) is 31.0 Å². The number of nitrogens with two attached hydrogens (primary N) is 1. The first-order chi connectivity index (χ1) is 6.85. The van der Waals surface area contributed by atoms with Crippen molar-refractivity contribution >= 4 is 0 Å². The molecule has 1 aromatic rings. The highest BCUT2D eigenvalue weighted by Gasteiger charge is 2.20. The summed E-state index contributed by atoms with van der Waals surface area (Å²) in [5, 5.41) is 8.86. The van der Waals surface area contributed by atoms with Crippen molar-refractivity contribution in [3.8, 4) is 0 Å². The van der Waals surface area contributed by atoms with Crippen molar-refractivity contribution in [2.24, 2.45) is 5.73 Å². The molecule has 0 saturated heterocycles. The fourth-order valence-corrected chi connectivity index (χ4v) is 1.23. The van der Waals surface area contributed by atoms with Crippen molar-refractivity contribution in [2.75, 3.05) is 6.61 Å². The average Bonchev–Trinajstić information content (AvgIpc) is 2.13. The second-order valence-electron chi connectivity index (χ2n) is 3.86. The molecule has 0 radical (unpaired) electrons. The molecule has 0 aromatic heterocycles. The van der Waals surface area contributed by atoms with Crippen LogP contribution in [-0.4, -0.2) is 17.3 Å². The SMILES string of the molecule is CC(N)(CO)Cc1cc(F)c(F)c(F)c1. The van der Waals surface area contributed by atoms with Crippen LogP contribution in [0.3, 0.4) is 0 Å². The summed E-state index contributed by atoms with van der Waals surface area (Å²) in [5.41, 5.74) is 4.84. The summed E-state index contributed by atoms with van der Waals surface area (Å²) >= 11 is 0. The molecule has 1 aromatic carbocycles. The van der Waals surface area contributed by atoms with Gasteiger partial charge in [0.2, 0.25) is 0 Å². The molecule has 5 heteroatoms. The van der Waals surface area contributed by atoms with Gasteiger partial charge in [-0.3, -0.25) is 0 Å². The van der Waals surface area contributed by atoms with Crippen LogP contribution in [0.25, 0.3) is 0 Å². The van der Waals surface area contributed by atoms with Crippen LogP contribution in [0.2, 0.25) is 0 Å². The van der Waals surface area contributed by atoms with Gasteiger partial charge in [-0.15, -0.1) is 0 Å². The number of aliphatic hydroxyl groups is 1. The summed E-state index contributed by atoms with van der Waals surface area (Å²) in [7, 11) is 0. The van der Waals surface area contributed by atoms with E-state index < -0.39 is 23.0 Å². The molecule has 0 aliphatic heterocycles. The van der Waals surface area contributed by atoms with Crippen LogP contribution in [-0.2, 0) is 6.42 Å². The predicted molar refractivity (Wildman–Crippen MR) is 49.7 cm³/mol. The highest BCUT2D eigenvalue weighted by atomic mass is 19.2. The molecule has 0 fully saturated rings. The molecule has 0 bridgehead atoms. The number of aliphatic hydroxyl groups excluding tert-OH is 1. The van der Waals surface area contributed by atoms with E-state index in [0.29, 0.717) is 0 Å². The normalized spacial score (nSPS) is 15.1. The Balaban J connectivity index is 2.98. The lowest BCUT2D eigenvalue weighted by Gasteiger charge is -2.21. The number of benzene rings is 1. The predicted octanol–water partition coefficient (Wildman–Crippen LogP) is 1.36. The van der Waals surface area contributed by atoms with Crippen molar-refractivity contribution in [3.63, 3.8) is 0 Å². The molecule has 0 heterocycles. The van der Waals surface area contributed by atoms with E-state index in [4.69, 9.17) is 10.8 Å². The van der Waals surface area contributed by atoms with Gasteiger partial charge < -0.3 is 10.8 Å². The van der Waals surface area contributed by atoms with Gasteiger partial charge in [0.1, 0.15) is 0 Å². The molecule has 1 atom stereocenters. The fourth-order valence-electron chi connectivity index (χ4n) is 1.23. The first-order valence-corrected chi connectivity index (χ1v) is 4.39. The molecule has 0 spiro atoms. The molecule has 0 saturated carbocycles. The fraction of sp³-hybridized carbons (Fsp3) is 0.400. The zero-order valence-electron chi connectivity index (χ0n) is 8.23. The van der Waals surface area contributed by atoms with Gasteiger partial charge in [-0.25, -0.2) is 13.2 Å². The molecule has 1 rings (SSSR count). The van der Waals surface area contributed by atoms with E-state index in [1.165, 1.54) is 6.92 Å². The number of hydrogen-bond acceptors (Lipinski definition) is 2. The van der Waals surface area contributed by atoms with E-state index in [2.05, 4.69) is 0 Å². The van der Waals surface area contributed by atoms with Crippen LogP contribution in [0.1, 0.15) is 12.5 Å². The number of halogens is 3. The second-order valence-corrected chi connectivity index (χ2v) is 3.86. The van der Waals surface area contributed by atoms with Crippen LogP contribution in [0.15, 0.2) is 12.1 Å². The monoisotopic (exact) mass is 219 g/mol. The Kier molecular flexibility index (Phi) is 3.36. The number of hydrogen-bond donors (Lipinski definition) is 2. The summed E-state index contributed by atoms with van der Waals surface area (Å²) in [5.74, 6) is -4.00. The minimum Gasteiger partial charge on any atom is -0.394 e. The summed E-state index contributed by atoms with van der Waals surface area (Å²) in [6.07, 6.45) is 0.0671. The van der Waals surface area contributed by atoms with Crippen molar-refractivity contribution in [1.82, 2.24) is 0 Å². The average molecular weight is 219 g/mol. The van der Waals surface area contributed by atoms with E-state index in [1.807, 2.05) is 0 Å². The van der Waals surface area contributed by atoms with Crippen LogP contribution < -0.4 is 5.73 Å². The third kappa shape index (κ3) is 2.94. The topological polar surface area (TPSA) is 46.2 Å². The van der Waals surface area contributed by atoms with Crippen molar-refractivity contribution in [3.05, 3.63) is 35.1 Å². The maximum atomic E-state index is 12.8. The summed E-state index contributed by atoms with van der Waals surface area (Å²) < 4.78 is 38.2. The lowest BCUT2D eigenvalue weighted by molar-refractivity contribution is 0.208. The molecule has 0 amide bonds. The zero-order valence-corrected chi connectivity index (χ0v) is 8.23. The molecular weight excluding hydrogens is 207 g/mol. The van der Waals surface area contributed by atoms with Crippen molar-refractivity contribution < 1.29 is 18.3 Å². The second kappa shape index (κ2) is 4.20. The Hall–Kier alpha value is -1.07. The quantitative estimate of drug-likeness (QED) is 0.754. The highest BCUT2D eigenvalue weighted by Crippen LogP contribution is 2.17. The van der Waals surface area contributed by atoms with Crippen LogP contribution in [0.4, 0.5) is 13.2 Å².